The maximum atomic E-state index is 12.9. The summed E-state index contributed by atoms with van der Waals surface area (Å²) in [6.07, 6.45) is 92.4. The van der Waals surface area contributed by atoms with E-state index in [1.54, 1.807) is 0 Å². The van der Waals surface area contributed by atoms with Crippen LogP contribution in [0, 0.1) is 0 Å². The van der Waals surface area contributed by atoms with E-state index < -0.39 is 24.3 Å². The van der Waals surface area contributed by atoms with Crippen molar-refractivity contribution in [2.45, 2.75) is 270 Å². The average molecular weight is 1180 g/mol. The lowest BCUT2D eigenvalue weighted by atomic mass is 10.0. The van der Waals surface area contributed by atoms with E-state index in [9.17, 15) is 19.5 Å². The molecule has 9 heteroatoms. The third-order valence-electron chi connectivity index (χ3n) is 14.1. The summed E-state index contributed by atoms with van der Waals surface area (Å²) in [6.45, 7) is 4.62. The van der Waals surface area contributed by atoms with Gasteiger partial charge in [-0.05, 0) is 116 Å². The van der Waals surface area contributed by atoms with E-state index in [2.05, 4.69) is 160 Å². The molecule has 0 saturated carbocycles. The molecule has 0 aliphatic rings. The standard InChI is InChI=1S/C76H125NO8/c1-6-8-10-12-14-16-18-20-22-24-26-28-30-32-34-36-37-39-40-42-44-46-48-50-52-54-56-58-60-62-64-66-73(78)83-70-72(71-84-76(75(80)81)82-69-68-77(3,4)5)85-74(79)67-65-63-61-59-57-55-53-51-49-47-45-43-41-38-35-33-31-29-27-25-23-21-19-17-15-13-11-9-7-2/h8-11,14-17,20-23,26-29,33,35,41,43,47,49,53,55,72,76H,6-7,12-13,18-19,24-25,30-32,34,36-40,42,44-46,48,50-52,54,56-71H2,1-5H3/p+1/b10-8-,11-9-,16-14-,17-15-,22-20-,23-21-,28-26-,29-27-,35-33-,43-41-,49-47-,55-53-. The Labute approximate surface area is 522 Å². The number of carbonyl (C=O) groups is 3. The Balaban J connectivity index is 4.21. The first-order valence-corrected chi connectivity index (χ1v) is 34.0. The SMILES string of the molecule is CC/C=C\C/C=C\C/C=C\C/C=C\C/C=C\C/C=C\C/C=C\C/C=C\CCCCCCC(=O)OC(COC(=O)CCCCCCCCCCCCCCCCCCCC/C=C\C/C=C\C/C=C\C/C=C\CC)COC(OCC[N+](C)(C)C)C(=O)O. The van der Waals surface area contributed by atoms with E-state index in [1.165, 1.54) is 103 Å². The first-order valence-electron chi connectivity index (χ1n) is 34.0. The number of carboxylic acid groups (broad SMARTS) is 1. The molecule has 0 fully saturated rings. The van der Waals surface area contributed by atoms with Crippen LogP contribution in [0.2, 0.25) is 0 Å². The summed E-state index contributed by atoms with van der Waals surface area (Å²) < 4.78 is 22.9. The van der Waals surface area contributed by atoms with E-state index in [1.807, 2.05) is 21.1 Å². The normalized spacial score (nSPS) is 13.7. The van der Waals surface area contributed by atoms with Gasteiger partial charge in [0.05, 0.1) is 34.4 Å². The summed E-state index contributed by atoms with van der Waals surface area (Å²) in [7, 11) is 5.96. The van der Waals surface area contributed by atoms with E-state index in [4.69, 9.17) is 18.9 Å². The molecule has 0 aromatic carbocycles. The number of ether oxygens (including phenoxy) is 4. The Kier molecular flexibility index (Phi) is 61.4. The van der Waals surface area contributed by atoms with Gasteiger partial charge in [0.15, 0.2) is 6.10 Å². The van der Waals surface area contributed by atoms with Crippen molar-refractivity contribution < 1.29 is 42.9 Å². The number of rotatable bonds is 61. The van der Waals surface area contributed by atoms with Crippen molar-refractivity contribution in [2.75, 3.05) is 47.5 Å². The summed E-state index contributed by atoms with van der Waals surface area (Å²) in [5.41, 5.74) is 0. The highest BCUT2D eigenvalue weighted by atomic mass is 16.7. The third-order valence-corrected chi connectivity index (χ3v) is 14.1. The van der Waals surface area contributed by atoms with Crippen molar-refractivity contribution in [3.05, 3.63) is 146 Å². The molecular formula is C76H126NO8+. The van der Waals surface area contributed by atoms with Gasteiger partial charge in [0.1, 0.15) is 13.2 Å². The molecule has 85 heavy (non-hydrogen) atoms. The van der Waals surface area contributed by atoms with Gasteiger partial charge in [-0.25, -0.2) is 4.79 Å². The molecule has 0 bridgehead atoms. The number of quaternary nitrogens is 1. The molecule has 0 aromatic heterocycles. The molecule has 0 aromatic rings. The van der Waals surface area contributed by atoms with Gasteiger partial charge in [-0.3, -0.25) is 9.59 Å². The van der Waals surface area contributed by atoms with Crippen molar-refractivity contribution in [1.82, 2.24) is 0 Å². The quantitative estimate of drug-likeness (QED) is 0.0211. The number of likely N-dealkylation sites (N-methyl/N-ethyl adjacent to an activating group) is 1. The van der Waals surface area contributed by atoms with Gasteiger partial charge >= 0.3 is 17.9 Å². The van der Waals surface area contributed by atoms with E-state index in [0.29, 0.717) is 17.4 Å². The molecule has 0 amide bonds. The van der Waals surface area contributed by atoms with E-state index in [0.717, 1.165) is 122 Å². The molecule has 1 N–H and O–H groups in total. The van der Waals surface area contributed by atoms with Gasteiger partial charge < -0.3 is 28.5 Å². The largest absolute Gasteiger partial charge is 0.477 e. The Morgan fingerprint density at radius 1 is 0.353 bits per heavy atom. The van der Waals surface area contributed by atoms with Gasteiger partial charge in [0, 0.05) is 12.8 Å². The predicted molar refractivity (Wildman–Crippen MR) is 364 cm³/mol. The highest BCUT2D eigenvalue weighted by Crippen LogP contribution is 2.16. The summed E-state index contributed by atoms with van der Waals surface area (Å²) in [5.74, 6) is -2.05. The van der Waals surface area contributed by atoms with Crippen LogP contribution in [0.25, 0.3) is 0 Å². The minimum absolute atomic E-state index is 0.175. The number of nitrogens with zero attached hydrogens (tertiary/aromatic N) is 1. The first kappa shape index (κ1) is 80.2. The second-order valence-corrected chi connectivity index (χ2v) is 23.4. The van der Waals surface area contributed by atoms with Crippen molar-refractivity contribution in [3.63, 3.8) is 0 Å². The van der Waals surface area contributed by atoms with Gasteiger partial charge in [-0.2, -0.15) is 0 Å². The van der Waals surface area contributed by atoms with E-state index >= 15 is 0 Å². The number of allylic oxidation sites excluding steroid dienone is 24. The monoisotopic (exact) mass is 1180 g/mol. The van der Waals surface area contributed by atoms with Crippen LogP contribution in [0.4, 0.5) is 0 Å². The average Bonchev–Trinajstić information content (AvgIpc) is 3.48. The number of carbonyl (C=O) groups excluding carboxylic acids is 2. The Morgan fingerprint density at radius 2 is 0.635 bits per heavy atom. The number of hydrogen-bond acceptors (Lipinski definition) is 7. The lowest BCUT2D eigenvalue weighted by Crippen LogP contribution is -2.40. The number of esters is 2. The smallest absolute Gasteiger partial charge is 0.361 e. The lowest BCUT2D eigenvalue weighted by Gasteiger charge is -2.25. The minimum Gasteiger partial charge on any atom is -0.477 e. The number of carboxylic acids is 1. The fraction of sp³-hybridized carbons (Fsp3) is 0.645. The molecule has 0 saturated heterocycles. The van der Waals surface area contributed by atoms with Crippen LogP contribution in [0.5, 0.6) is 0 Å². The number of hydrogen-bond donors (Lipinski definition) is 1. The topological polar surface area (TPSA) is 108 Å². The summed E-state index contributed by atoms with van der Waals surface area (Å²) >= 11 is 0. The van der Waals surface area contributed by atoms with Crippen molar-refractivity contribution in [1.29, 1.82) is 0 Å². The van der Waals surface area contributed by atoms with Crippen LogP contribution < -0.4 is 0 Å². The molecule has 0 aliphatic heterocycles. The molecular weight excluding hydrogens is 1050 g/mol. The van der Waals surface area contributed by atoms with Crippen molar-refractivity contribution >= 4 is 17.9 Å². The molecule has 0 rings (SSSR count). The molecule has 0 spiro atoms. The molecule has 9 nitrogen and oxygen atoms in total. The summed E-state index contributed by atoms with van der Waals surface area (Å²) in [5, 5.41) is 9.74. The van der Waals surface area contributed by atoms with Crippen LogP contribution in [-0.4, -0.2) is 87.4 Å². The van der Waals surface area contributed by atoms with Crippen LogP contribution in [-0.2, 0) is 33.3 Å². The third kappa shape index (κ3) is 66.5. The van der Waals surface area contributed by atoms with Crippen molar-refractivity contribution in [2.24, 2.45) is 0 Å². The Morgan fingerprint density at radius 3 is 0.941 bits per heavy atom. The van der Waals surface area contributed by atoms with Gasteiger partial charge in [-0.15, -0.1) is 0 Å². The molecule has 2 unspecified atom stereocenters. The van der Waals surface area contributed by atoms with E-state index in [-0.39, 0.29) is 38.6 Å². The zero-order valence-electron chi connectivity index (χ0n) is 55.0. The maximum absolute atomic E-state index is 12.9. The van der Waals surface area contributed by atoms with Crippen LogP contribution in [0.1, 0.15) is 258 Å². The fourth-order valence-electron chi connectivity index (χ4n) is 8.96. The lowest BCUT2D eigenvalue weighted by molar-refractivity contribution is -0.870. The number of aliphatic carboxylic acids is 1. The zero-order valence-corrected chi connectivity index (χ0v) is 55.0. The predicted octanol–water partition coefficient (Wildman–Crippen LogP) is 21.1. The van der Waals surface area contributed by atoms with Crippen LogP contribution in [0.3, 0.4) is 0 Å². The molecule has 2 atom stereocenters. The molecule has 0 radical (unpaired) electrons. The highest BCUT2D eigenvalue weighted by molar-refractivity contribution is 5.71. The minimum atomic E-state index is -1.53. The van der Waals surface area contributed by atoms with Crippen LogP contribution >= 0.6 is 0 Å². The first-order chi connectivity index (χ1) is 41.6. The highest BCUT2D eigenvalue weighted by Gasteiger charge is 2.25. The summed E-state index contributed by atoms with van der Waals surface area (Å²) in [6, 6.07) is 0. The second kappa shape index (κ2) is 65.2. The maximum Gasteiger partial charge on any atom is 0.361 e. The molecule has 0 heterocycles. The van der Waals surface area contributed by atoms with Gasteiger partial charge in [0.25, 0.3) is 6.29 Å². The second-order valence-electron chi connectivity index (χ2n) is 23.4. The molecule has 482 valence electrons. The molecule has 0 aliphatic carbocycles. The Bertz CT molecular complexity index is 1900. The Hall–Kier alpha value is -4.83. The van der Waals surface area contributed by atoms with Crippen molar-refractivity contribution in [3.8, 4) is 0 Å². The fourth-order valence-corrected chi connectivity index (χ4v) is 8.96. The number of unbranched alkanes of at least 4 members (excludes halogenated alkanes) is 22. The zero-order chi connectivity index (χ0) is 61.9. The van der Waals surface area contributed by atoms with Gasteiger partial charge in [0.2, 0.25) is 0 Å². The van der Waals surface area contributed by atoms with Gasteiger partial charge in [-0.1, -0.05) is 275 Å². The summed E-state index contributed by atoms with van der Waals surface area (Å²) in [4.78, 5) is 37.6. The van der Waals surface area contributed by atoms with Crippen LogP contribution in [0.15, 0.2) is 146 Å².